The van der Waals surface area contributed by atoms with Gasteiger partial charge in [0.05, 0.1) is 24.3 Å². The minimum Gasteiger partial charge on any atom is -0.369 e. The molecule has 0 aliphatic carbocycles. The first-order valence-corrected chi connectivity index (χ1v) is 9.37. The molecule has 0 radical (unpaired) electrons. The van der Waals surface area contributed by atoms with Crippen LogP contribution in [0.1, 0.15) is 25.3 Å². The largest absolute Gasteiger partial charge is 0.418 e. The van der Waals surface area contributed by atoms with Gasteiger partial charge < -0.3 is 16.0 Å². The third-order valence-electron chi connectivity index (χ3n) is 4.92. The van der Waals surface area contributed by atoms with Crippen molar-refractivity contribution in [3.63, 3.8) is 0 Å². The summed E-state index contributed by atoms with van der Waals surface area (Å²) in [7, 11) is 0. The Morgan fingerprint density at radius 1 is 1.21 bits per heavy atom. The highest BCUT2D eigenvalue weighted by Crippen LogP contribution is 2.34. The smallest absolute Gasteiger partial charge is 0.369 e. The minimum atomic E-state index is -4.60. The Morgan fingerprint density at radius 3 is 2.38 bits per heavy atom. The van der Waals surface area contributed by atoms with Crippen molar-refractivity contribution in [2.75, 3.05) is 38.0 Å². The Bertz CT molecular complexity index is 746. The zero-order valence-corrected chi connectivity index (χ0v) is 16.2. The fourth-order valence-electron chi connectivity index (χ4n) is 3.25. The normalized spacial score (nSPS) is 15.7. The monoisotopic (exact) mass is 414 g/mol. The van der Waals surface area contributed by atoms with Crippen LogP contribution in [0, 0.1) is 5.92 Å². The number of primary amides is 1. The number of alkyl halides is 3. The van der Waals surface area contributed by atoms with Crippen LogP contribution in [-0.4, -0.2) is 60.2 Å². The van der Waals surface area contributed by atoms with Crippen molar-refractivity contribution in [1.82, 2.24) is 9.80 Å². The number of carbonyl (C=O) groups is 3. The molecular formula is C19H25F3N4O3. The summed E-state index contributed by atoms with van der Waals surface area (Å²) in [6.45, 7) is 2.74. The molecule has 0 saturated carbocycles. The lowest BCUT2D eigenvalue weighted by atomic mass is 9.96. The number of carbonyl (C=O) groups excluding carboxylic acids is 3. The van der Waals surface area contributed by atoms with Crippen LogP contribution in [0.25, 0.3) is 0 Å². The molecule has 10 heteroatoms. The van der Waals surface area contributed by atoms with Gasteiger partial charge in [-0.25, -0.2) is 0 Å². The van der Waals surface area contributed by atoms with Crippen molar-refractivity contribution < 1.29 is 27.6 Å². The maximum Gasteiger partial charge on any atom is 0.418 e. The van der Waals surface area contributed by atoms with E-state index in [1.165, 1.54) is 23.1 Å². The van der Waals surface area contributed by atoms with Crippen LogP contribution in [0.2, 0.25) is 0 Å². The van der Waals surface area contributed by atoms with E-state index < -0.39 is 17.6 Å². The second-order valence-corrected chi connectivity index (χ2v) is 6.95. The fourth-order valence-corrected chi connectivity index (χ4v) is 3.25. The maximum absolute atomic E-state index is 13.0. The van der Waals surface area contributed by atoms with Gasteiger partial charge in [0.15, 0.2) is 0 Å². The SMILES string of the molecule is CCN(CC(=O)Nc1ccccc1C(F)(F)F)C(=O)CN1CCC(C(N)=O)CC1. The van der Waals surface area contributed by atoms with Gasteiger partial charge in [0.1, 0.15) is 0 Å². The fraction of sp³-hybridized carbons (Fsp3) is 0.526. The van der Waals surface area contributed by atoms with E-state index in [1.54, 1.807) is 6.92 Å². The Balaban J connectivity index is 1.92. The molecule has 1 aromatic carbocycles. The number of nitrogens with two attached hydrogens (primary N) is 1. The number of nitrogens with zero attached hydrogens (tertiary/aromatic N) is 2. The van der Waals surface area contributed by atoms with E-state index in [9.17, 15) is 27.6 Å². The summed E-state index contributed by atoms with van der Waals surface area (Å²) in [5.74, 6) is -1.54. The molecule has 3 amide bonds. The Kier molecular flexibility index (Phi) is 7.60. The number of nitrogens with one attached hydrogen (secondary N) is 1. The van der Waals surface area contributed by atoms with Crippen molar-refractivity contribution in [3.05, 3.63) is 29.8 Å². The number of benzene rings is 1. The van der Waals surface area contributed by atoms with Gasteiger partial charge in [0.2, 0.25) is 17.7 Å². The van der Waals surface area contributed by atoms with Crippen molar-refractivity contribution >= 4 is 23.4 Å². The van der Waals surface area contributed by atoms with Crippen LogP contribution in [-0.2, 0) is 20.6 Å². The highest BCUT2D eigenvalue weighted by Gasteiger charge is 2.33. The molecule has 1 aliphatic heterocycles. The molecule has 1 aromatic rings. The first-order valence-electron chi connectivity index (χ1n) is 9.37. The number of para-hydroxylation sites is 1. The Morgan fingerprint density at radius 2 is 1.83 bits per heavy atom. The lowest BCUT2D eigenvalue weighted by molar-refractivity contribution is -0.138. The molecule has 0 atom stereocenters. The van der Waals surface area contributed by atoms with Gasteiger partial charge in [-0.05, 0) is 45.0 Å². The number of rotatable bonds is 7. The van der Waals surface area contributed by atoms with Crippen molar-refractivity contribution in [3.8, 4) is 0 Å². The average molecular weight is 414 g/mol. The summed E-state index contributed by atoms with van der Waals surface area (Å²) in [6, 6.07) is 4.68. The molecular weight excluding hydrogens is 389 g/mol. The molecule has 1 saturated heterocycles. The van der Waals surface area contributed by atoms with Crippen LogP contribution in [0.5, 0.6) is 0 Å². The van der Waals surface area contributed by atoms with E-state index in [0.29, 0.717) is 25.9 Å². The quantitative estimate of drug-likeness (QED) is 0.710. The summed E-state index contributed by atoms with van der Waals surface area (Å²) >= 11 is 0. The molecule has 3 N–H and O–H groups in total. The molecule has 7 nitrogen and oxygen atoms in total. The number of likely N-dealkylation sites (tertiary alicyclic amines) is 1. The third kappa shape index (κ3) is 6.45. The van der Waals surface area contributed by atoms with Crippen LogP contribution >= 0.6 is 0 Å². The Labute approximate surface area is 167 Å². The third-order valence-corrected chi connectivity index (χ3v) is 4.92. The second kappa shape index (κ2) is 9.73. The molecule has 0 spiro atoms. The zero-order chi connectivity index (χ0) is 21.6. The summed E-state index contributed by atoms with van der Waals surface area (Å²) in [6.07, 6.45) is -3.45. The topological polar surface area (TPSA) is 95.7 Å². The number of amides is 3. The number of hydrogen-bond acceptors (Lipinski definition) is 4. The molecule has 0 bridgehead atoms. The summed E-state index contributed by atoms with van der Waals surface area (Å²) in [5.41, 5.74) is 4.00. The van der Waals surface area contributed by atoms with Gasteiger partial charge in [-0.15, -0.1) is 0 Å². The van der Waals surface area contributed by atoms with E-state index >= 15 is 0 Å². The number of halogens is 3. The molecule has 0 aromatic heterocycles. The van der Waals surface area contributed by atoms with Gasteiger partial charge >= 0.3 is 6.18 Å². The first kappa shape index (κ1) is 22.7. The highest BCUT2D eigenvalue weighted by atomic mass is 19.4. The summed E-state index contributed by atoms with van der Waals surface area (Å²) in [4.78, 5) is 39.1. The van der Waals surface area contributed by atoms with Gasteiger partial charge in [-0.1, -0.05) is 12.1 Å². The van der Waals surface area contributed by atoms with Gasteiger partial charge in [-0.2, -0.15) is 13.2 Å². The van der Waals surface area contributed by atoms with E-state index in [0.717, 1.165) is 6.07 Å². The first-order chi connectivity index (χ1) is 13.6. The standard InChI is InChI=1S/C19H25F3N4O3/c1-2-26(17(28)12-25-9-7-13(8-10-25)18(23)29)11-16(27)24-15-6-4-3-5-14(15)19(20,21)22/h3-6,13H,2,7-12H2,1H3,(H2,23,29)(H,24,27). The number of hydrogen-bond donors (Lipinski definition) is 2. The number of anilines is 1. The maximum atomic E-state index is 13.0. The lowest BCUT2D eigenvalue weighted by Gasteiger charge is -2.31. The zero-order valence-electron chi connectivity index (χ0n) is 16.2. The minimum absolute atomic E-state index is 0.0751. The molecule has 1 fully saturated rings. The number of likely N-dealkylation sites (N-methyl/N-ethyl adjacent to an activating group) is 1. The van der Waals surface area contributed by atoms with Gasteiger partial charge in [0, 0.05) is 12.5 Å². The van der Waals surface area contributed by atoms with Gasteiger partial charge in [0.25, 0.3) is 0 Å². The van der Waals surface area contributed by atoms with Crippen LogP contribution < -0.4 is 11.1 Å². The van der Waals surface area contributed by atoms with E-state index in [1.807, 2.05) is 4.90 Å². The average Bonchev–Trinajstić information content (AvgIpc) is 2.66. The van der Waals surface area contributed by atoms with Crippen LogP contribution in [0.4, 0.5) is 18.9 Å². The lowest BCUT2D eigenvalue weighted by Crippen LogP contribution is -2.46. The molecule has 1 heterocycles. The molecule has 160 valence electrons. The predicted molar refractivity (Wildman–Crippen MR) is 101 cm³/mol. The van der Waals surface area contributed by atoms with Gasteiger partial charge in [-0.3, -0.25) is 19.3 Å². The van der Waals surface area contributed by atoms with E-state index in [-0.39, 0.29) is 43.1 Å². The Hall–Kier alpha value is -2.62. The van der Waals surface area contributed by atoms with Crippen LogP contribution in [0.15, 0.2) is 24.3 Å². The molecule has 29 heavy (non-hydrogen) atoms. The summed E-state index contributed by atoms with van der Waals surface area (Å²) < 4.78 is 39.1. The predicted octanol–water partition coefficient (Wildman–Crippen LogP) is 1.69. The van der Waals surface area contributed by atoms with Crippen LogP contribution in [0.3, 0.4) is 0 Å². The molecule has 0 unspecified atom stereocenters. The summed E-state index contributed by atoms with van der Waals surface area (Å²) in [5, 5.41) is 2.24. The highest BCUT2D eigenvalue weighted by molar-refractivity contribution is 5.95. The van der Waals surface area contributed by atoms with Crippen molar-refractivity contribution in [2.24, 2.45) is 11.7 Å². The van der Waals surface area contributed by atoms with Crippen molar-refractivity contribution in [1.29, 1.82) is 0 Å². The van der Waals surface area contributed by atoms with Crippen molar-refractivity contribution in [2.45, 2.75) is 25.9 Å². The molecule has 1 aliphatic rings. The number of piperidine rings is 1. The van der Waals surface area contributed by atoms with E-state index in [4.69, 9.17) is 5.73 Å². The van der Waals surface area contributed by atoms with E-state index in [2.05, 4.69) is 5.32 Å². The second-order valence-electron chi connectivity index (χ2n) is 6.95. The molecule has 2 rings (SSSR count).